The van der Waals surface area contributed by atoms with E-state index in [1.807, 2.05) is 0 Å². The minimum absolute atomic E-state index is 0.0387. The Labute approximate surface area is 129 Å². The first-order valence-electron chi connectivity index (χ1n) is 6.79. The molecule has 2 fully saturated rings. The maximum atomic E-state index is 14.1. The summed E-state index contributed by atoms with van der Waals surface area (Å²) in [7, 11) is 1.16. The van der Waals surface area contributed by atoms with Gasteiger partial charge in [-0.25, -0.2) is 22.8 Å². The molecule has 1 aromatic carbocycles. The molecule has 0 spiro atoms. The van der Waals surface area contributed by atoms with Crippen LogP contribution in [-0.4, -0.2) is 50.8 Å². The fourth-order valence-corrected chi connectivity index (χ4v) is 2.53. The van der Waals surface area contributed by atoms with Gasteiger partial charge in [-0.1, -0.05) is 0 Å². The van der Waals surface area contributed by atoms with E-state index in [0.717, 1.165) is 18.1 Å². The lowest BCUT2D eigenvalue weighted by Crippen LogP contribution is -2.56. The highest BCUT2D eigenvalue weighted by Gasteiger charge is 2.45. The zero-order valence-electron chi connectivity index (χ0n) is 12.1. The Morgan fingerprint density at radius 1 is 1.39 bits per heavy atom. The number of cyclic esters (lactones) is 1. The molecule has 0 unspecified atom stereocenters. The van der Waals surface area contributed by atoms with Gasteiger partial charge in [0.25, 0.3) is 5.92 Å². The second kappa shape index (κ2) is 5.32. The number of hydrogen-bond donors (Lipinski definition) is 0. The molecular formula is C14H13F3N2O4. The Balaban J connectivity index is 1.76. The van der Waals surface area contributed by atoms with Crippen LogP contribution in [0.4, 0.5) is 29.3 Å². The van der Waals surface area contributed by atoms with Crippen LogP contribution in [0.15, 0.2) is 18.2 Å². The number of amides is 1. The molecule has 0 radical (unpaired) electrons. The largest absolute Gasteiger partial charge is 0.466 e. The molecule has 9 heteroatoms. The molecule has 2 heterocycles. The van der Waals surface area contributed by atoms with Gasteiger partial charge < -0.3 is 14.4 Å². The van der Waals surface area contributed by atoms with Crippen LogP contribution in [0.25, 0.3) is 0 Å². The summed E-state index contributed by atoms with van der Waals surface area (Å²) < 4.78 is 49.2. The first-order valence-corrected chi connectivity index (χ1v) is 6.79. The molecule has 2 saturated heterocycles. The van der Waals surface area contributed by atoms with E-state index in [0.29, 0.717) is 0 Å². The fraction of sp³-hybridized carbons (Fsp3) is 0.429. The summed E-state index contributed by atoms with van der Waals surface area (Å²) in [4.78, 5) is 25.4. The van der Waals surface area contributed by atoms with Crippen molar-refractivity contribution in [2.24, 2.45) is 0 Å². The number of methoxy groups -OCH3 is 1. The Morgan fingerprint density at radius 3 is 2.65 bits per heavy atom. The third kappa shape index (κ3) is 2.78. The van der Waals surface area contributed by atoms with Gasteiger partial charge >= 0.3 is 12.1 Å². The number of carbonyl (C=O) groups is 2. The number of hydrogen-bond acceptors (Lipinski definition) is 5. The molecule has 124 valence electrons. The van der Waals surface area contributed by atoms with Gasteiger partial charge in [-0.05, 0) is 18.2 Å². The van der Waals surface area contributed by atoms with Crippen molar-refractivity contribution < 1.29 is 32.2 Å². The van der Waals surface area contributed by atoms with Crippen LogP contribution in [0.1, 0.15) is 0 Å². The van der Waals surface area contributed by atoms with E-state index in [9.17, 15) is 22.8 Å². The molecule has 0 aromatic heterocycles. The van der Waals surface area contributed by atoms with Gasteiger partial charge in [0.2, 0.25) is 6.10 Å². The van der Waals surface area contributed by atoms with Gasteiger partial charge in [0.05, 0.1) is 38.1 Å². The fourth-order valence-electron chi connectivity index (χ4n) is 2.53. The smallest absolute Gasteiger partial charge is 0.415 e. The number of carbonyl (C=O) groups excluding carboxylic acids is 2. The first kappa shape index (κ1) is 15.4. The van der Waals surface area contributed by atoms with Crippen LogP contribution in [0, 0.1) is 5.82 Å². The Kier molecular flexibility index (Phi) is 3.57. The summed E-state index contributed by atoms with van der Waals surface area (Å²) in [5.41, 5.74) is 0.215. The summed E-state index contributed by atoms with van der Waals surface area (Å²) in [6.45, 7) is -1.19. The molecule has 23 heavy (non-hydrogen) atoms. The molecule has 1 amide bonds. The SMILES string of the molecule is COC(=O)[C@H]1CN(c2ccc(N3CC(F)(F)C3)c(F)c2)C(=O)O1. The number of anilines is 2. The molecule has 1 aromatic rings. The van der Waals surface area contributed by atoms with E-state index in [-0.39, 0.29) is 17.9 Å². The number of alkyl halides is 2. The Hall–Kier alpha value is -2.45. The van der Waals surface area contributed by atoms with Crippen LogP contribution in [0.2, 0.25) is 0 Å². The summed E-state index contributed by atoms with van der Waals surface area (Å²) in [5, 5.41) is 0. The average molecular weight is 330 g/mol. The summed E-state index contributed by atoms with van der Waals surface area (Å²) in [6, 6.07) is 3.78. The molecule has 1 atom stereocenters. The monoisotopic (exact) mass is 330 g/mol. The highest BCUT2D eigenvalue weighted by atomic mass is 19.3. The highest BCUT2D eigenvalue weighted by Crippen LogP contribution is 2.35. The third-order valence-electron chi connectivity index (χ3n) is 3.70. The van der Waals surface area contributed by atoms with Gasteiger partial charge in [-0.15, -0.1) is 0 Å². The van der Waals surface area contributed by atoms with E-state index in [4.69, 9.17) is 4.74 Å². The quantitative estimate of drug-likeness (QED) is 0.791. The minimum atomic E-state index is -2.81. The van der Waals surface area contributed by atoms with Gasteiger partial charge in [-0.2, -0.15) is 0 Å². The minimum Gasteiger partial charge on any atom is -0.466 e. The number of esters is 1. The van der Waals surface area contributed by atoms with E-state index >= 15 is 0 Å². The van der Waals surface area contributed by atoms with Crippen molar-refractivity contribution in [3.8, 4) is 0 Å². The van der Waals surface area contributed by atoms with Gasteiger partial charge in [0.15, 0.2) is 0 Å². The van der Waals surface area contributed by atoms with Crippen molar-refractivity contribution in [3.05, 3.63) is 24.0 Å². The highest BCUT2D eigenvalue weighted by molar-refractivity contribution is 5.94. The van der Waals surface area contributed by atoms with Gasteiger partial charge in [0.1, 0.15) is 5.82 Å². The maximum Gasteiger partial charge on any atom is 0.415 e. The molecule has 2 aliphatic rings. The number of rotatable bonds is 3. The van der Waals surface area contributed by atoms with Crippen molar-refractivity contribution in [3.63, 3.8) is 0 Å². The van der Waals surface area contributed by atoms with E-state index in [1.54, 1.807) is 0 Å². The van der Waals surface area contributed by atoms with Crippen molar-refractivity contribution in [2.75, 3.05) is 36.5 Å². The molecular weight excluding hydrogens is 317 g/mol. The van der Waals surface area contributed by atoms with Crippen molar-refractivity contribution in [2.45, 2.75) is 12.0 Å². The Bertz CT molecular complexity index is 659. The number of ether oxygens (including phenoxy) is 2. The number of halogens is 3. The number of nitrogens with zero attached hydrogens (tertiary/aromatic N) is 2. The second-order valence-electron chi connectivity index (χ2n) is 5.35. The first-order chi connectivity index (χ1) is 10.8. The second-order valence-corrected chi connectivity index (χ2v) is 5.35. The van der Waals surface area contributed by atoms with Gasteiger partial charge in [0, 0.05) is 0 Å². The zero-order chi connectivity index (χ0) is 16.8. The lowest BCUT2D eigenvalue weighted by molar-refractivity contribution is -0.148. The average Bonchev–Trinajstić information content (AvgIpc) is 2.86. The maximum absolute atomic E-state index is 14.1. The molecule has 0 aliphatic carbocycles. The van der Waals surface area contributed by atoms with Crippen LogP contribution in [-0.2, 0) is 14.3 Å². The van der Waals surface area contributed by atoms with Crippen molar-refractivity contribution >= 4 is 23.4 Å². The van der Waals surface area contributed by atoms with Gasteiger partial charge in [-0.3, -0.25) is 4.90 Å². The third-order valence-corrected chi connectivity index (χ3v) is 3.70. The summed E-state index contributed by atoms with van der Waals surface area (Å²) in [5.74, 6) is -4.24. The van der Waals surface area contributed by atoms with Crippen LogP contribution in [0.3, 0.4) is 0 Å². The molecule has 2 aliphatic heterocycles. The van der Waals surface area contributed by atoms with Crippen LogP contribution >= 0.6 is 0 Å². The van der Waals surface area contributed by atoms with Crippen LogP contribution < -0.4 is 9.80 Å². The number of benzene rings is 1. The van der Waals surface area contributed by atoms with Crippen molar-refractivity contribution in [1.82, 2.24) is 0 Å². The topological polar surface area (TPSA) is 59.1 Å². The van der Waals surface area contributed by atoms with Crippen LogP contribution in [0.5, 0.6) is 0 Å². The molecule has 0 saturated carbocycles. The zero-order valence-corrected chi connectivity index (χ0v) is 12.1. The summed E-state index contributed by atoms with van der Waals surface area (Å²) >= 11 is 0. The Morgan fingerprint density at radius 2 is 2.09 bits per heavy atom. The van der Waals surface area contributed by atoms with E-state index in [1.165, 1.54) is 17.0 Å². The summed E-state index contributed by atoms with van der Waals surface area (Å²) in [6.07, 6.45) is -1.88. The molecule has 0 bridgehead atoms. The molecule has 6 nitrogen and oxygen atoms in total. The lowest BCUT2D eigenvalue weighted by Gasteiger charge is -2.40. The molecule has 0 N–H and O–H groups in total. The molecule has 3 rings (SSSR count). The van der Waals surface area contributed by atoms with E-state index in [2.05, 4.69) is 4.74 Å². The standard InChI is InChI=1S/C14H13F3N2O4/c1-22-12(20)11-5-19(13(21)23-11)8-2-3-10(9(15)4-8)18-6-14(16,17)7-18/h2-4,11H,5-7H2,1H3/t11-/m1/s1. The lowest BCUT2D eigenvalue weighted by atomic mass is 10.1. The predicted octanol–water partition coefficient (Wildman–Crippen LogP) is 1.78. The predicted molar refractivity (Wildman–Crippen MR) is 73.2 cm³/mol. The normalized spacial score (nSPS) is 22.6. The van der Waals surface area contributed by atoms with E-state index < -0.39 is 43.0 Å². The van der Waals surface area contributed by atoms with Crippen molar-refractivity contribution in [1.29, 1.82) is 0 Å².